The smallest absolute Gasteiger partial charge is 0.258 e. The molecule has 1 aromatic heterocycles. The summed E-state index contributed by atoms with van der Waals surface area (Å²) in [4.78, 5) is 23.3. The SMILES string of the molecule is CC1Cc2ccccc2N1c1ncc(C(=O)Nc2cccc(C#N)c2)cn1. The Balaban J connectivity index is 1.54. The molecule has 4 rings (SSSR count). The first-order chi connectivity index (χ1) is 13.2. The van der Waals surface area contributed by atoms with Crippen molar-refractivity contribution in [3.63, 3.8) is 0 Å². The highest BCUT2D eigenvalue weighted by atomic mass is 16.1. The highest BCUT2D eigenvalue weighted by molar-refractivity contribution is 6.04. The molecular weight excluding hydrogens is 338 g/mol. The van der Waals surface area contributed by atoms with Crippen molar-refractivity contribution in [2.24, 2.45) is 0 Å². The average Bonchev–Trinajstić information content (AvgIpc) is 3.04. The molecule has 0 radical (unpaired) electrons. The van der Waals surface area contributed by atoms with Gasteiger partial charge in [-0.15, -0.1) is 0 Å². The number of carbonyl (C=O) groups is 1. The molecule has 1 N–H and O–H groups in total. The number of rotatable bonds is 3. The maximum absolute atomic E-state index is 12.4. The van der Waals surface area contributed by atoms with Crippen LogP contribution in [-0.2, 0) is 6.42 Å². The van der Waals surface area contributed by atoms with Gasteiger partial charge in [0.05, 0.1) is 17.2 Å². The molecule has 1 amide bonds. The second-order valence-corrected chi connectivity index (χ2v) is 6.47. The molecule has 2 aromatic carbocycles. The zero-order chi connectivity index (χ0) is 18.8. The van der Waals surface area contributed by atoms with Gasteiger partial charge in [0.15, 0.2) is 0 Å². The zero-order valence-electron chi connectivity index (χ0n) is 14.8. The summed E-state index contributed by atoms with van der Waals surface area (Å²) in [6, 6.07) is 17.3. The normalized spacial score (nSPS) is 15.1. The molecule has 2 heterocycles. The maximum Gasteiger partial charge on any atom is 0.258 e. The molecule has 27 heavy (non-hydrogen) atoms. The van der Waals surface area contributed by atoms with Crippen molar-refractivity contribution in [2.45, 2.75) is 19.4 Å². The predicted molar refractivity (Wildman–Crippen MR) is 103 cm³/mol. The summed E-state index contributed by atoms with van der Waals surface area (Å²) >= 11 is 0. The van der Waals surface area contributed by atoms with Crippen LogP contribution >= 0.6 is 0 Å². The second-order valence-electron chi connectivity index (χ2n) is 6.47. The van der Waals surface area contributed by atoms with Gasteiger partial charge < -0.3 is 10.2 Å². The van der Waals surface area contributed by atoms with E-state index in [9.17, 15) is 4.79 Å². The molecule has 0 spiro atoms. The number of benzene rings is 2. The van der Waals surface area contributed by atoms with Gasteiger partial charge in [0, 0.05) is 29.8 Å². The van der Waals surface area contributed by atoms with Crippen LogP contribution in [0.1, 0.15) is 28.4 Å². The molecule has 0 saturated heterocycles. The lowest BCUT2D eigenvalue weighted by Gasteiger charge is -2.22. The molecule has 132 valence electrons. The molecule has 1 aliphatic heterocycles. The molecule has 6 nitrogen and oxygen atoms in total. The topological polar surface area (TPSA) is 81.9 Å². The Bertz CT molecular complexity index is 1040. The Morgan fingerprint density at radius 2 is 1.96 bits per heavy atom. The minimum atomic E-state index is -0.313. The fourth-order valence-electron chi connectivity index (χ4n) is 3.30. The van der Waals surface area contributed by atoms with E-state index in [4.69, 9.17) is 5.26 Å². The Labute approximate surface area is 157 Å². The third-order valence-corrected chi connectivity index (χ3v) is 4.57. The summed E-state index contributed by atoms with van der Waals surface area (Å²) in [5.41, 5.74) is 3.79. The number of fused-ring (bicyclic) bond motifs is 1. The van der Waals surface area contributed by atoms with Crippen molar-refractivity contribution in [2.75, 3.05) is 10.2 Å². The molecule has 0 fully saturated rings. The monoisotopic (exact) mass is 355 g/mol. The van der Waals surface area contributed by atoms with E-state index in [1.807, 2.05) is 18.2 Å². The van der Waals surface area contributed by atoms with E-state index in [-0.39, 0.29) is 11.9 Å². The molecule has 1 atom stereocenters. The third-order valence-electron chi connectivity index (χ3n) is 4.57. The van der Waals surface area contributed by atoms with Crippen molar-refractivity contribution in [1.82, 2.24) is 9.97 Å². The van der Waals surface area contributed by atoms with Crippen molar-refractivity contribution >= 4 is 23.2 Å². The van der Waals surface area contributed by atoms with Crippen molar-refractivity contribution in [1.29, 1.82) is 5.26 Å². The van der Waals surface area contributed by atoms with E-state index >= 15 is 0 Å². The van der Waals surface area contributed by atoms with Crippen LogP contribution in [0.4, 0.5) is 17.3 Å². The van der Waals surface area contributed by atoms with E-state index in [1.54, 1.807) is 24.3 Å². The van der Waals surface area contributed by atoms with E-state index in [2.05, 4.69) is 39.2 Å². The van der Waals surface area contributed by atoms with E-state index in [1.165, 1.54) is 18.0 Å². The van der Waals surface area contributed by atoms with E-state index in [0.717, 1.165) is 12.1 Å². The van der Waals surface area contributed by atoms with Crippen LogP contribution in [0.5, 0.6) is 0 Å². The van der Waals surface area contributed by atoms with Crippen LogP contribution in [0.3, 0.4) is 0 Å². The van der Waals surface area contributed by atoms with Crippen molar-refractivity contribution < 1.29 is 4.79 Å². The Kier molecular flexibility index (Phi) is 4.27. The highest BCUT2D eigenvalue weighted by Gasteiger charge is 2.28. The van der Waals surface area contributed by atoms with Crippen LogP contribution in [0.15, 0.2) is 60.9 Å². The molecule has 0 aliphatic carbocycles. The molecule has 0 saturated carbocycles. The molecule has 0 bridgehead atoms. The van der Waals surface area contributed by atoms with Crippen LogP contribution in [0.2, 0.25) is 0 Å². The molecular formula is C21H17N5O. The van der Waals surface area contributed by atoms with Gasteiger partial charge in [-0.3, -0.25) is 4.79 Å². The number of nitrogens with one attached hydrogen (secondary N) is 1. The van der Waals surface area contributed by atoms with E-state index in [0.29, 0.717) is 22.8 Å². The Morgan fingerprint density at radius 3 is 2.74 bits per heavy atom. The second kappa shape index (κ2) is 6.89. The average molecular weight is 355 g/mol. The number of hydrogen-bond donors (Lipinski definition) is 1. The minimum absolute atomic E-state index is 0.260. The van der Waals surface area contributed by atoms with Crippen LogP contribution in [0, 0.1) is 11.3 Å². The number of anilines is 3. The minimum Gasteiger partial charge on any atom is -0.322 e. The molecule has 1 unspecified atom stereocenters. The molecule has 6 heteroatoms. The summed E-state index contributed by atoms with van der Waals surface area (Å²) < 4.78 is 0. The van der Waals surface area contributed by atoms with Crippen molar-refractivity contribution in [3.8, 4) is 6.07 Å². The van der Waals surface area contributed by atoms with Gasteiger partial charge in [-0.05, 0) is 43.2 Å². The third kappa shape index (κ3) is 3.23. The first kappa shape index (κ1) is 16.7. The van der Waals surface area contributed by atoms with Crippen molar-refractivity contribution in [3.05, 3.63) is 77.6 Å². The van der Waals surface area contributed by atoms with Gasteiger partial charge in [0.25, 0.3) is 5.91 Å². The standard InChI is InChI=1S/C21H17N5O/c1-14-9-16-6-2-3-8-19(16)26(14)21-23-12-17(13-24-21)20(27)25-18-7-4-5-15(10-18)11-22/h2-8,10,12-14H,9H2,1H3,(H,25,27). The zero-order valence-corrected chi connectivity index (χ0v) is 14.8. The molecule has 1 aliphatic rings. The largest absolute Gasteiger partial charge is 0.322 e. The maximum atomic E-state index is 12.4. The van der Waals surface area contributed by atoms with Gasteiger partial charge in [-0.1, -0.05) is 24.3 Å². The van der Waals surface area contributed by atoms with Gasteiger partial charge in [-0.2, -0.15) is 5.26 Å². The number of nitrogens with zero attached hydrogens (tertiary/aromatic N) is 4. The van der Waals surface area contributed by atoms with E-state index < -0.39 is 0 Å². The Morgan fingerprint density at radius 1 is 1.19 bits per heavy atom. The summed E-state index contributed by atoms with van der Waals surface area (Å²) in [7, 11) is 0. The fraction of sp³-hybridized carbons (Fsp3) is 0.143. The summed E-state index contributed by atoms with van der Waals surface area (Å²) in [6.45, 7) is 2.13. The number of aromatic nitrogens is 2. The van der Waals surface area contributed by atoms with Crippen LogP contribution in [0.25, 0.3) is 0 Å². The number of nitriles is 1. The number of amides is 1. The van der Waals surface area contributed by atoms with Crippen LogP contribution in [-0.4, -0.2) is 21.9 Å². The number of carbonyl (C=O) groups excluding carboxylic acids is 1. The fourth-order valence-corrected chi connectivity index (χ4v) is 3.30. The first-order valence-electron chi connectivity index (χ1n) is 8.66. The Hall–Kier alpha value is -3.72. The number of hydrogen-bond acceptors (Lipinski definition) is 5. The lowest BCUT2D eigenvalue weighted by molar-refractivity contribution is 0.102. The van der Waals surface area contributed by atoms with Gasteiger partial charge >= 0.3 is 0 Å². The highest BCUT2D eigenvalue weighted by Crippen LogP contribution is 2.36. The van der Waals surface area contributed by atoms with Crippen LogP contribution < -0.4 is 10.2 Å². The van der Waals surface area contributed by atoms with Gasteiger partial charge in [-0.25, -0.2) is 9.97 Å². The number of para-hydroxylation sites is 1. The quantitative estimate of drug-likeness (QED) is 0.775. The summed E-state index contributed by atoms with van der Waals surface area (Å²) in [5, 5.41) is 11.7. The first-order valence-corrected chi connectivity index (χ1v) is 8.66. The summed E-state index contributed by atoms with van der Waals surface area (Å²) in [5.74, 6) is 0.266. The predicted octanol–water partition coefficient (Wildman–Crippen LogP) is 3.68. The lowest BCUT2D eigenvalue weighted by atomic mass is 10.1. The lowest BCUT2D eigenvalue weighted by Crippen LogP contribution is -2.26. The van der Waals surface area contributed by atoms with Gasteiger partial charge in [0.2, 0.25) is 5.95 Å². The molecule has 3 aromatic rings. The summed E-state index contributed by atoms with van der Waals surface area (Å²) in [6.07, 6.45) is 4.00. The van der Waals surface area contributed by atoms with Gasteiger partial charge in [0.1, 0.15) is 0 Å².